The van der Waals surface area contributed by atoms with E-state index in [2.05, 4.69) is 47.0 Å². The predicted molar refractivity (Wildman–Crippen MR) is 71.2 cm³/mol. The zero-order valence-corrected chi connectivity index (χ0v) is 12.2. The molecule has 1 heterocycles. The van der Waals surface area contributed by atoms with E-state index in [1.807, 2.05) is 0 Å². The summed E-state index contributed by atoms with van der Waals surface area (Å²) in [5.74, 6) is -0.0409. The summed E-state index contributed by atoms with van der Waals surface area (Å²) in [4.78, 5) is 16.5. The lowest BCUT2D eigenvalue weighted by atomic mass is 9.90. The van der Waals surface area contributed by atoms with Gasteiger partial charge in [-0.3, -0.25) is 9.78 Å². The van der Waals surface area contributed by atoms with Crippen LogP contribution in [0.1, 0.15) is 36.9 Å². The fourth-order valence-corrected chi connectivity index (χ4v) is 3.02. The maximum absolute atomic E-state index is 11.6. The van der Waals surface area contributed by atoms with E-state index < -0.39 is 0 Å². The van der Waals surface area contributed by atoms with Gasteiger partial charge in [-0.15, -0.1) is 11.3 Å². The van der Waals surface area contributed by atoms with Crippen molar-refractivity contribution >= 4 is 33.2 Å². The number of thiazole rings is 1. The van der Waals surface area contributed by atoms with Gasteiger partial charge in [-0.2, -0.15) is 0 Å². The Morgan fingerprint density at radius 3 is 2.81 bits per heavy atom. The molecule has 1 atom stereocenters. The van der Waals surface area contributed by atoms with Gasteiger partial charge in [0.2, 0.25) is 0 Å². The number of nitrogens with zero attached hydrogens (tertiary/aromatic N) is 1. The first-order valence-corrected chi connectivity index (χ1v) is 6.99. The highest BCUT2D eigenvalue weighted by Crippen LogP contribution is 2.24. The van der Waals surface area contributed by atoms with E-state index in [9.17, 15) is 4.79 Å². The SMILES string of the molecule is CC(C)(C)CC(Br)CNC(=O)c1cncs1. The van der Waals surface area contributed by atoms with Crippen LogP contribution in [0.4, 0.5) is 0 Å². The van der Waals surface area contributed by atoms with Gasteiger partial charge in [-0.1, -0.05) is 36.7 Å². The van der Waals surface area contributed by atoms with Crippen LogP contribution in [0.25, 0.3) is 0 Å². The average molecular weight is 305 g/mol. The van der Waals surface area contributed by atoms with Gasteiger partial charge in [0.1, 0.15) is 4.88 Å². The molecule has 0 bridgehead atoms. The summed E-state index contributed by atoms with van der Waals surface area (Å²) in [7, 11) is 0. The number of hydrogen-bond acceptors (Lipinski definition) is 3. The number of aromatic nitrogens is 1. The van der Waals surface area contributed by atoms with Crippen molar-refractivity contribution in [2.75, 3.05) is 6.54 Å². The molecule has 0 aliphatic heterocycles. The van der Waals surface area contributed by atoms with Gasteiger partial charge < -0.3 is 5.32 Å². The second kappa shape index (κ2) is 5.77. The van der Waals surface area contributed by atoms with Gasteiger partial charge in [0, 0.05) is 11.4 Å². The molecule has 1 N–H and O–H groups in total. The molecule has 0 radical (unpaired) electrons. The second-order valence-electron chi connectivity index (χ2n) is 4.94. The number of alkyl halides is 1. The summed E-state index contributed by atoms with van der Waals surface area (Å²) in [6, 6.07) is 0. The summed E-state index contributed by atoms with van der Waals surface area (Å²) in [6.45, 7) is 7.21. The van der Waals surface area contributed by atoms with Crippen molar-refractivity contribution in [3.63, 3.8) is 0 Å². The Kier molecular flexibility index (Phi) is 4.92. The van der Waals surface area contributed by atoms with E-state index in [0.29, 0.717) is 16.2 Å². The number of rotatable bonds is 4. The van der Waals surface area contributed by atoms with Gasteiger partial charge in [0.15, 0.2) is 0 Å². The van der Waals surface area contributed by atoms with Crippen LogP contribution in [0.5, 0.6) is 0 Å². The standard InChI is InChI=1S/C11H17BrN2OS/c1-11(2,3)4-8(12)5-14-10(15)9-6-13-7-16-9/h6-8H,4-5H2,1-3H3,(H,14,15). The Morgan fingerprint density at radius 1 is 1.62 bits per heavy atom. The lowest BCUT2D eigenvalue weighted by Gasteiger charge is -2.22. The van der Waals surface area contributed by atoms with E-state index in [1.54, 1.807) is 11.7 Å². The van der Waals surface area contributed by atoms with Crippen LogP contribution in [-0.2, 0) is 0 Å². The van der Waals surface area contributed by atoms with Crippen molar-refractivity contribution in [1.29, 1.82) is 0 Å². The minimum absolute atomic E-state index is 0.0409. The monoisotopic (exact) mass is 304 g/mol. The molecule has 0 spiro atoms. The molecular formula is C11H17BrN2OS. The number of amides is 1. The molecule has 3 nitrogen and oxygen atoms in total. The van der Waals surface area contributed by atoms with E-state index in [1.165, 1.54) is 11.3 Å². The van der Waals surface area contributed by atoms with E-state index in [4.69, 9.17) is 0 Å². The summed E-state index contributed by atoms with van der Waals surface area (Å²) < 4.78 is 0. The van der Waals surface area contributed by atoms with Crippen LogP contribution in [0.2, 0.25) is 0 Å². The van der Waals surface area contributed by atoms with E-state index >= 15 is 0 Å². The van der Waals surface area contributed by atoms with Crippen LogP contribution >= 0.6 is 27.3 Å². The zero-order valence-electron chi connectivity index (χ0n) is 9.79. The predicted octanol–water partition coefficient (Wildman–Crippen LogP) is 3.07. The van der Waals surface area contributed by atoms with Crippen molar-refractivity contribution in [3.05, 3.63) is 16.6 Å². The minimum atomic E-state index is -0.0409. The molecule has 90 valence electrons. The van der Waals surface area contributed by atoms with E-state index in [0.717, 1.165) is 6.42 Å². The molecule has 0 fully saturated rings. The van der Waals surface area contributed by atoms with Crippen molar-refractivity contribution < 1.29 is 4.79 Å². The summed E-state index contributed by atoms with van der Waals surface area (Å²) in [5.41, 5.74) is 1.93. The second-order valence-corrected chi connectivity index (χ2v) is 7.12. The molecule has 16 heavy (non-hydrogen) atoms. The van der Waals surface area contributed by atoms with Crippen LogP contribution in [-0.4, -0.2) is 22.3 Å². The Labute approximate surface area is 109 Å². The highest BCUT2D eigenvalue weighted by atomic mass is 79.9. The maximum Gasteiger partial charge on any atom is 0.263 e. The van der Waals surface area contributed by atoms with Crippen LogP contribution in [0, 0.1) is 5.41 Å². The quantitative estimate of drug-likeness (QED) is 0.869. The highest BCUT2D eigenvalue weighted by molar-refractivity contribution is 9.09. The average Bonchev–Trinajstić information content (AvgIpc) is 2.64. The Morgan fingerprint density at radius 2 is 2.31 bits per heavy atom. The first-order valence-electron chi connectivity index (χ1n) is 5.19. The highest BCUT2D eigenvalue weighted by Gasteiger charge is 2.17. The third-order valence-corrected chi connectivity index (χ3v) is 3.39. The fourth-order valence-electron chi connectivity index (χ4n) is 1.36. The third-order valence-electron chi connectivity index (χ3n) is 1.97. The van der Waals surface area contributed by atoms with Crippen molar-refractivity contribution in [3.8, 4) is 0 Å². The number of nitrogens with one attached hydrogen (secondary N) is 1. The van der Waals surface area contributed by atoms with Gasteiger partial charge >= 0.3 is 0 Å². The molecule has 0 aliphatic rings. The third kappa shape index (κ3) is 5.07. The van der Waals surface area contributed by atoms with Crippen LogP contribution in [0.15, 0.2) is 11.7 Å². The van der Waals surface area contributed by atoms with Crippen LogP contribution < -0.4 is 5.32 Å². The minimum Gasteiger partial charge on any atom is -0.350 e. The lowest BCUT2D eigenvalue weighted by Crippen LogP contribution is -2.30. The Bertz CT molecular complexity index is 332. The Balaban J connectivity index is 2.32. The fraction of sp³-hybridized carbons (Fsp3) is 0.636. The van der Waals surface area contributed by atoms with E-state index in [-0.39, 0.29) is 11.3 Å². The number of carbonyl (C=O) groups excluding carboxylic acids is 1. The number of carbonyl (C=O) groups is 1. The molecule has 1 rings (SSSR count). The lowest BCUT2D eigenvalue weighted by molar-refractivity contribution is 0.0956. The number of hydrogen-bond donors (Lipinski definition) is 1. The molecule has 5 heteroatoms. The molecule has 1 aromatic heterocycles. The molecule has 1 amide bonds. The van der Waals surface area contributed by atoms with Crippen molar-refractivity contribution in [2.45, 2.75) is 32.0 Å². The van der Waals surface area contributed by atoms with Gasteiger partial charge in [0.05, 0.1) is 11.7 Å². The topological polar surface area (TPSA) is 42.0 Å². The van der Waals surface area contributed by atoms with Crippen molar-refractivity contribution in [1.82, 2.24) is 10.3 Å². The van der Waals surface area contributed by atoms with Gasteiger partial charge in [-0.05, 0) is 11.8 Å². The Hall–Kier alpha value is -0.420. The molecule has 0 saturated carbocycles. The summed E-state index contributed by atoms with van der Waals surface area (Å²) >= 11 is 4.94. The molecule has 0 saturated heterocycles. The molecule has 1 unspecified atom stereocenters. The molecular weight excluding hydrogens is 288 g/mol. The summed E-state index contributed by atoms with van der Waals surface area (Å²) in [5, 5.41) is 2.89. The smallest absolute Gasteiger partial charge is 0.263 e. The van der Waals surface area contributed by atoms with Gasteiger partial charge in [0.25, 0.3) is 5.91 Å². The van der Waals surface area contributed by atoms with Crippen LogP contribution in [0.3, 0.4) is 0 Å². The van der Waals surface area contributed by atoms with Crippen molar-refractivity contribution in [2.24, 2.45) is 5.41 Å². The maximum atomic E-state index is 11.6. The first-order chi connectivity index (χ1) is 7.38. The largest absolute Gasteiger partial charge is 0.350 e. The first kappa shape index (κ1) is 13.6. The zero-order chi connectivity index (χ0) is 12.2. The van der Waals surface area contributed by atoms with Gasteiger partial charge in [-0.25, -0.2) is 0 Å². The molecule has 1 aromatic rings. The number of halogens is 1. The normalized spacial score (nSPS) is 13.5. The molecule has 0 aliphatic carbocycles. The summed E-state index contributed by atoms with van der Waals surface area (Å²) in [6.07, 6.45) is 2.61. The molecule has 0 aromatic carbocycles.